The Labute approximate surface area is 208 Å². The number of nitrogens with one attached hydrogen (secondary N) is 2. The normalized spacial score (nSPS) is 15.5. The second-order valence-corrected chi connectivity index (χ2v) is 9.95. The third-order valence-electron chi connectivity index (χ3n) is 6.11. The standard InChI is InChI=1S/C26H30BrClN4O/c1-31-14-16-32(17-15-31)13-3-2-12-29-26(33)25-22-10-7-20(27)18-24(22)30-23(25)11-6-19-4-8-21(28)9-5-19/h4-11,18,30H,2-3,12-17H2,1H3,(H,29,33)/b11-6+. The van der Waals surface area contributed by atoms with Crippen LogP contribution in [-0.2, 0) is 0 Å². The van der Waals surface area contributed by atoms with Gasteiger partial charge in [0.15, 0.2) is 0 Å². The lowest BCUT2D eigenvalue weighted by Gasteiger charge is -2.32. The van der Waals surface area contributed by atoms with Crippen LogP contribution in [0.25, 0.3) is 23.1 Å². The Balaban J connectivity index is 1.41. The molecule has 0 bridgehead atoms. The van der Waals surface area contributed by atoms with Crippen LogP contribution >= 0.6 is 27.5 Å². The number of amides is 1. The van der Waals surface area contributed by atoms with Crippen molar-refractivity contribution in [1.82, 2.24) is 20.1 Å². The average Bonchev–Trinajstić information content (AvgIpc) is 3.17. The van der Waals surface area contributed by atoms with Crippen molar-refractivity contribution in [2.24, 2.45) is 0 Å². The number of unbranched alkanes of at least 4 members (excludes halogenated alkanes) is 1. The SMILES string of the molecule is CN1CCN(CCCCNC(=O)c2c(/C=C/c3ccc(Cl)cc3)[nH]c3cc(Br)ccc23)CC1. The third kappa shape index (κ3) is 6.48. The molecule has 0 atom stereocenters. The fourth-order valence-corrected chi connectivity index (χ4v) is 4.62. The van der Waals surface area contributed by atoms with Gasteiger partial charge in [0.1, 0.15) is 0 Å². The Bertz CT molecular complexity index is 1120. The maximum Gasteiger partial charge on any atom is 0.254 e. The van der Waals surface area contributed by atoms with Crippen LogP contribution in [0.2, 0.25) is 5.02 Å². The van der Waals surface area contributed by atoms with E-state index in [0.29, 0.717) is 17.1 Å². The van der Waals surface area contributed by atoms with Crippen molar-refractivity contribution >= 4 is 56.5 Å². The van der Waals surface area contributed by atoms with Gasteiger partial charge in [0.2, 0.25) is 0 Å². The summed E-state index contributed by atoms with van der Waals surface area (Å²) in [7, 11) is 2.18. The Kier molecular flexibility index (Phi) is 8.25. The Hall–Kier alpha value is -2.12. The topological polar surface area (TPSA) is 51.4 Å². The number of aromatic nitrogens is 1. The fourth-order valence-electron chi connectivity index (χ4n) is 4.14. The van der Waals surface area contributed by atoms with Crippen LogP contribution in [0.4, 0.5) is 0 Å². The van der Waals surface area contributed by atoms with Gasteiger partial charge in [-0.05, 0) is 62.3 Å². The molecule has 33 heavy (non-hydrogen) atoms. The highest BCUT2D eigenvalue weighted by Crippen LogP contribution is 2.27. The van der Waals surface area contributed by atoms with Gasteiger partial charge in [0.05, 0.1) is 11.3 Å². The van der Waals surface area contributed by atoms with Gasteiger partial charge in [0, 0.05) is 53.1 Å². The number of halogens is 2. The van der Waals surface area contributed by atoms with Gasteiger partial charge < -0.3 is 20.1 Å². The lowest BCUT2D eigenvalue weighted by molar-refractivity contribution is 0.0953. The predicted octanol–water partition coefficient (Wildman–Crippen LogP) is 5.51. The van der Waals surface area contributed by atoms with Gasteiger partial charge in [-0.15, -0.1) is 0 Å². The zero-order chi connectivity index (χ0) is 23.2. The molecule has 0 unspecified atom stereocenters. The summed E-state index contributed by atoms with van der Waals surface area (Å²) in [5.74, 6) is -0.0427. The number of fused-ring (bicyclic) bond motifs is 1. The molecule has 0 spiro atoms. The van der Waals surface area contributed by atoms with Crippen LogP contribution in [0, 0.1) is 0 Å². The lowest BCUT2D eigenvalue weighted by Crippen LogP contribution is -2.44. The molecule has 0 radical (unpaired) electrons. The number of hydrogen-bond acceptors (Lipinski definition) is 3. The van der Waals surface area contributed by atoms with Crippen molar-refractivity contribution in [1.29, 1.82) is 0 Å². The molecule has 1 aromatic heterocycles. The molecule has 0 saturated carbocycles. The van der Waals surface area contributed by atoms with E-state index in [2.05, 4.69) is 43.1 Å². The second-order valence-electron chi connectivity index (χ2n) is 8.60. The molecule has 1 saturated heterocycles. The number of H-pyrrole nitrogens is 1. The molecule has 1 amide bonds. The van der Waals surface area contributed by atoms with E-state index in [1.54, 1.807) is 0 Å². The molecule has 174 valence electrons. The summed E-state index contributed by atoms with van der Waals surface area (Å²) in [6.45, 7) is 6.32. The van der Waals surface area contributed by atoms with Crippen LogP contribution in [0.3, 0.4) is 0 Å². The van der Waals surface area contributed by atoms with Gasteiger partial charge >= 0.3 is 0 Å². The van der Waals surface area contributed by atoms with Crippen LogP contribution in [0.1, 0.15) is 34.5 Å². The largest absolute Gasteiger partial charge is 0.354 e. The number of rotatable bonds is 8. The van der Waals surface area contributed by atoms with Gasteiger partial charge in [-0.25, -0.2) is 0 Å². The van der Waals surface area contributed by atoms with Crippen LogP contribution in [0.5, 0.6) is 0 Å². The molecular formula is C26H30BrClN4O. The average molecular weight is 530 g/mol. The first-order chi connectivity index (χ1) is 16.0. The molecule has 3 aromatic rings. The first-order valence-electron chi connectivity index (χ1n) is 11.4. The van der Waals surface area contributed by atoms with E-state index in [1.165, 1.54) is 0 Å². The number of carbonyl (C=O) groups excluding carboxylic acids is 1. The van der Waals surface area contributed by atoms with Crippen molar-refractivity contribution in [2.75, 3.05) is 46.3 Å². The highest BCUT2D eigenvalue weighted by molar-refractivity contribution is 9.10. The number of aromatic amines is 1. The Morgan fingerprint density at radius 2 is 1.85 bits per heavy atom. The molecule has 4 rings (SSSR count). The monoisotopic (exact) mass is 528 g/mol. The summed E-state index contributed by atoms with van der Waals surface area (Å²) >= 11 is 9.52. The molecular weight excluding hydrogens is 500 g/mol. The molecule has 1 aliphatic rings. The number of carbonyl (C=O) groups is 1. The zero-order valence-corrected chi connectivity index (χ0v) is 21.3. The summed E-state index contributed by atoms with van der Waals surface area (Å²) in [6.07, 6.45) is 6.01. The van der Waals surface area contributed by atoms with Gasteiger partial charge in [0.25, 0.3) is 5.91 Å². The summed E-state index contributed by atoms with van der Waals surface area (Å²) in [6, 6.07) is 13.6. The summed E-state index contributed by atoms with van der Waals surface area (Å²) in [5.41, 5.74) is 3.43. The lowest BCUT2D eigenvalue weighted by atomic mass is 10.1. The van der Waals surface area contributed by atoms with E-state index in [0.717, 1.165) is 72.2 Å². The van der Waals surface area contributed by atoms with Crippen LogP contribution < -0.4 is 5.32 Å². The molecule has 1 aliphatic heterocycles. The van der Waals surface area contributed by atoms with E-state index in [1.807, 2.05) is 54.6 Å². The van der Waals surface area contributed by atoms with E-state index in [9.17, 15) is 4.79 Å². The smallest absolute Gasteiger partial charge is 0.254 e. The van der Waals surface area contributed by atoms with E-state index in [-0.39, 0.29) is 5.91 Å². The minimum atomic E-state index is -0.0427. The molecule has 2 N–H and O–H groups in total. The number of benzene rings is 2. The Morgan fingerprint density at radius 3 is 2.61 bits per heavy atom. The molecule has 2 heterocycles. The van der Waals surface area contributed by atoms with Crippen molar-refractivity contribution in [3.63, 3.8) is 0 Å². The van der Waals surface area contributed by atoms with Crippen LogP contribution in [-0.4, -0.2) is 67.0 Å². The van der Waals surface area contributed by atoms with E-state index in [4.69, 9.17) is 11.6 Å². The predicted molar refractivity (Wildman–Crippen MR) is 142 cm³/mol. The summed E-state index contributed by atoms with van der Waals surface area (Å²) < 4.78 is 0.973. The summed E-state index contributed by atoms with van der Waals surface area (Å²) in [4.78, 5) is 21.5. The number of piperazine rings is 1. The molecule has 2 aromatic carbocycles. The fraction of sp³-hybridized carbons (Fsp3) is 0.346. The minimum Gasteiger partial charge on any atom is -0.354 e. The van der Waals surface area contributed by atoms with Gasteiger partial charge in [-0.2, -0.15) is 0 Å². The third-order valence-corrected chi connectivity index (χ3v) is 6.86. The number of hydrogen-bond donors (Lipinski definition) is 2. The minimum absolute atomic E-state index is 0.0427. The number of likely N-dealkylation sites (N-methyl/N-ethyl adjacent to an activating group) is 1. The highest BCUT2D eigenvalue weighted by atomic mass is 79.9. The zero-order valence-electron chi connectivity index (χ0n) is 18.9. The molecule has 5 nitrogen and oxygen atoms in total. The molecule has 7 heteroatoms. The van der Waals surface area contributed by atoms with E-state index < -0.39 is 0 Å². The summed E-state index contributed by atoms with van der Waals surface area (Å²) in [5, 5.41) is 4.76. The van der Waals surface area contributed by atoms with Crippen molar-refractivity contribution < 1.29 is 4.79 Å². The molecule has 0 aliphatic carbocycles. The van der Waals surface area contributed by atoms with Gasteiger partial charge in [-0.1, -0.05) is 51.8 Å². The van der Waals surface area contributed by atoms with E-state index >= 15 is 0 Å². The van der Waals surface area contributed by atoms with Gasteiger partial charge in [-0.3, -0.25) is 4.79 Å². The van der Waals surface area contributed by atoms with Crippen molar-refractivity contribution in [3.05, 3.63) is 68.8 Å². The maximum atomic E-state index is 13.2. The Morgan fingerprint density at radius 1 is 1.09 bits per heavy atom. The first kappa shape index (κ1) is 24.0. The highest BCUT2D eigenvalue weighted by Gasteiger charge is 2.17. The quantitative estimate of drug-likeness (QED) is 0.378. The molecule has 1 fully saturated rings. The van der Waals surface area contributed by atoms with Crippen molar-refractivity contribution in [2.45, 2.75) is 12.8 Å². The first-order valence-corrected chi connectivity index (χ1v) is 12.6. The van der Waals surface area contributed by atoms with Crippen molar-refractivity contribution in [3.8, 4) is 0 Å². The number of nitrogens with zero attached hydrogens (tertiary/aromatic N) is 2. The van der Waals surface area contributed by atoms with Crippen LogP contribution in [0.15, 0.2) is 46.9 Å². The maximum absolute atomic E-state index is 13.2. The second kappa shape index (κ2) is 11.3.